The Bertz CT molecular complexity index is 542. The molecule has 0 radical (unpaired) electrons. The first-order valence-corrected chi connectivity index (χ1v) is 9.44. The van der Waals surface area contributed by atoms with Gasteiger partial charge in [0.25, 0.3) is 0 Å². The van der Waals surface area contributed by atoms with Crippen LogP contribution in [-0.4, -0.2) is 52.7 Å². The van der Waals surface area contributed by atoms with Gasteiger partial charge in [0, 0.05) is 38.6 Å². The Morgan fingerprint density at radius 1 is 1.04 bits per heavy atom. The molecule has 0 saturated carbocycles. The van der Waals surface area contributed by atoms with Gasteiger partial charge in [0.2, 0.25) is 11.9 Å². The van der Waals surface area contributed by atoms with Crippen LogP contribution in [0.15, 0.2) is 18.5 Å². The third-order valence-corrected chi connectivity index (χ3v) is 4.81. The van der Waals surface area contributed by atoms with Gasteiger partial charge >= 0.3 is 0 Å². The van der Waals surface area contributed by atoms with E-state index in [4.69, 9.17) is 0 Å². The molecule has 25 heavy (non-hydrogen) atoms. The lowest BCUT2D eigenvalue weighted by atomic mass is 9.95. The molecule has 1 aliphatic heterocycles. The summed E-state index contributed by atoms with van der Waals surface area (Å²) >= 11 is 0. The molecule has 0 N–H and O–H groups in total. The molecule has 0 spiro atoms. The Balaban J connectivity index is 1.83. The summed E-state index contributed by atoms with van der Waals surface area (Å²) in [4.78, 5) is 37.1. The van der Waals surface area contributed by atoms with Crippen molar-refractivity contribution in [3.05, 3.63) is 18.5 Å². The zero-order chi connectivity index (χ0) is 18.1. The van der Waals surface area contributed by atoms with Crippen LogP contribution in [0.4, 0.5) is 5.95 Å². The van der Waals surface area contributed by atoms with Crippen LogP contribution in [0.3, 0.4) is 0 Å². The predicted molar refractivity (Wildman–Crippen MR) is 98.4 cm³/mol. The molecule has 1 atom stereocenters. The fourth-order valence-electron chi connectivity index (χ4n) is 3.25. The highest BCUT2D eigenvalue weighted by molar-refractivity contribution is 6.00. The van der Waals surface area contributed by atoms with Crippen molar-refractivity contribution in [1.82, 2.24) is 14.9 Å². The molecule has 1 aromatic heterocycles. The van der Waals surface area contributed by atoms with Gasteiger partial charge in [0.05, 0.1) is 5.92 Å². The number of Topliss-reactive ketones (excluding diaryl/α,β-unsaturated/α-hetero) is 1. The first-order chi connectivity index (χ1) is 12.1. The number of amides is 1. The summed E-state index contributed by atoms with van der Waals surface area (Å²) < 4.78 is 0. The van der Waals surface area contributed by atoms with Gasteiger partial charge in [-0.1, -0.05) is 39.0 Å². The summed E-state index contributed by atoms with van der Waals surface area (Å²) in [6, 6.07) is 1.79. The van der Waals surface area contributed by atoms with Crippen LogP contribution < -0.4 is 4.90 Å². The van der Waals surface area contributed by atoms with Crippen LogP contribution >= 0.6 is 0 Å². The third-order valence-electron chi connectivity index (χ3n) is 4.81. The van der Waals surface area contributed by atoms with E-state index in [9.17, 15) is 9.59 Å². The highest BCUT2D eigenvalue weighted by atomic mass is 16.2. The Hall–Kier alpha value is -1.98. The first kappa shape index (κ1) is 19.3. The number of aromatic nitrogens is 2. The van der Waals surface area contributed by atoms with Crippen molar-refractivity contribution < 1.29 is 9.59 Å². The zero-order valence-electron chi connectivity index (χ0n) is 15.5. The number of ketones is 1. The van der Waals surface area contributed by atoms with Crippen molar-refractivity contribution in [2.24, 2.45) is 5.92 Å². The molecule has 1 saturated heterocycles. The van der Waals surface area contributed by atoms with E-state index in [2.05, 4.69) is 21.8 Å². The van der Waals surface area contributed by atoms with E-state index in [0.717, 1.165) is 12.8 Å². The quantitative estimate of drug-likeness (QED) is 0.508. The van der Waals surface area contributed by atoms with Crippen molar-refractivity contribution in [1.29, 1.82) is 0 Å². The summed E-state index contributed by atoms with van der Waals surface area (Å²) in [5.41, 5.74) is 0. The molecule has 1 aliphatic rings. The molecular weight excluding hydrogens is 316 g/mol. The predicted octanol–water partition coefficient (Wildman–Crippen LogP) is 2.69. The summed E-state index contributed by atoms with van der Waals surface area (Å²) in [7, 11) is 0. The van der Waals surface area contributed by atoms with Crippen LogP contribution in [0, 0.1) is 5.92 Å². The van der Waals surface area contributed by atoms with E-state index in [1.807, 2.05) is 4.90 Å². The zero-order valence-corrected chi connectivity index (χ0v) is 15.5. The normalized spacial score (nSPS) is 15.9. The van der Waals surface area contributed by atoms with Gasteiger partial charge in [-0.15, -0.1) is 0 Å². The maximum atomic E-state index is 12.8. The summed E-state index contributed by atoms with van der Waals surface area (Å²) in [6.07, 6.45) is 9.80. The number of carbonyl (C=O) groups is 2. The van der Waals surface area contributed by atoms with E-state index in [1.165, 1.54) is 19.3 Å². The van der Waals surface area contributed by atoms with Gasteiger partial charge in [-0.2, -0.15) is 0 Å². The minimum Gasteiger partial charge on any atom is -0.339 e. The molecule has 138 valence electrons. The second-order valence-electron chi connectivity index (χ2n) is 6.73. The lowest BCUT2D eigenvalue weighted by Gasteiger charge is -2.36. The minimum atomic E-state index is -0.471. The van der Waals surface area contributed by atoms with Gasteiger partial charge in [0.1, 0.15) is 5.78 Å². The van der Waals surface area contributed by atoms with Crippen LogP contribution in [0.1, 0.15) is 52.4 Å². The molecule has 6 heteroatoms. The molecule has 0 aromatic carbocycles. The topological polar surface area (TPSA) is 66.4 Å². The Morgan fingerprint density at radius 3 is 2.28 bits per heavy atom. The second kappa shape index (κ2) is 10.1. The van der Waals surface area contributed by atoms with Crippen molar-refractivity contribution in [3.63, 3.8) is 0 Å². The third kappa shape index (κ3) is 5.80. The molecule has 0 bridgehead atoms. The fraction of sp³-hybridized carbons (Fsp3) is 0.684. The highest BCUT2D eigenvalue weighted by Gasteiger charge is 2.30. The average molecular weight is 346 g/mol. The molecule has 1 fully saturated rings. The molecular formula is C19H30N4O2. The number of hydrogen-bond acceptors (Lipinski definition) is 5. The maximum Gasteiger partial charge on any atom is 0.233 e. The smallest absolute Gasteiger partial charge is 0.233 e. The molecule has 2 rings (SSSR count). The Kier molecular flexibility index (Phi) is 7.82. The minimum absolute atomic E-state index is 0.00313. The lowest BCUT2D eigenvalue weighted by Crippen LogP contribution is -2.51. The van der Waals surface area contributed by atoms with E-state index >= 15 is 0 Å². The van der Waals surface area contributed by atoms with E-state index in [-0.39, 0.29) is 11.7 Å². The van der Waals surface area contributed by atoms with Crippen LogP contribution in [-0.2, 0) is 9.59 Å². The average Bonchev–Trinajstić information content (AvgIpc) is 2.65. The molecule has 6 nitrogen and oxygen atoms in total. The number of anilines is 1. The summed E-state index contributed by atoms with van der Waals surface area (Å²) in [6.45, 7) is 6.38. The van der Waals surface area contributed by atoms with Crippen LogP contribution in [0.25, 0.3) is 0 Å². The maximum absolute atomic E-state index is 12.8. The Morgan fingerprint density at radius 2 is 1.68 bits per heavy atom. The summed E-state index contributed by atoms with van der Waals surface area (Å²) in [5.74, 6) is 0.223. The van der Waals surface area contributed by atoms with E-state index < -0.39 is 5.92 Å². The number of carbonyl (C=O) groups excluding carboxylic acids is 2. The summed E-state index contributed by atoms with van der Waals surface area (Å²) in [5, 5.41) is 0. The monoisotopic (exact) mass is 346 g/mol. The second-order valence-corrected chi connectivity index (χ2v) is 6.73. The molecule has 1 amide bonds. The van der Waals surface area contributed by atoms with E-state index in [1.54, 1.807) is 25.4 Å². The van der Waals surface area contributed by atoms with Gasteiger partial charge in [0.15, 0.2) is 0 Å². The van der Waals surface area contributed by atoms with Crippen LogP contribution in [0.2, 0.25) is 0 Å². The van der Waals surface area contributed by atoms with Crippen molar-refractivity contribution in [3.8, 4) is 0 Å². The van der Waals surface area contributed by atoms with E-state index in [0.29, 0.717) is 38.5 Å². The lowest BCUT2D eigenvalue weighted by molar-refractivity contribution is -0.141. The highest BCUT2D eigenvalue weighted by Crippen LogP contribution is 2.18. The molecule has 0 aliphatic carbocycles. The standard InChI is InChI=1S/C19H30N4O2/c1-3-4-5-6-7-9-17(16(2)24)18(25)22-12-14-23(15-13-22)19-20-10-8-11-21-19/h8,10-11,17H,3-7,9,12-15H2,1-2H3/t17-/m0/s1. The van der Waals surface area contributed by atoms with Gasteiger partial charge in [-0.3, -0.25) is 9.59 Å². The fourth-order valence-corrected chi connectivity index (χ4v) is 3.25. The molecule has 2 heterocycles. The largest absolute Gasteiger partial charge is 0.339 e. The molecule has 0 unspecified atom stereocenters. The van der Waals surface area contributed by atoms with Crippen molar-refractivity contribution >= 4 is 17.6 Å². The first-order valence-electron chi connectivity index (χ1n) is 9.44. The van der Waals surface area contributed by atoms with Crippen LogP contribution in [0.5, 0.6) is 0 Å². The number of rotatable bonds is 9. The van der Waals surface area contributed by atoms with Gasteiger partial charge in [-0.25, -0.2) is 9.97 Å². The SMILES string of the molecule is CCCCCCC[C@@H](C(C)=O)C(=O)N1CCN(c2ncccn2)CC1. The van der Waals surface area contributed by atoms with Gasteiger partial charge in [-0.05, 0) is 19.4 Å². The van der Waals surface area contributed by atoms with Crippen molar-refractivity contribution in [2.45, 2.75) is 52.4 Å². The Labute approximate surface area is 150 Å². The van der Waals surface area contributed by atoms with Gasteiger partial charge < -0.3 is 9.80 Å². The number of unbranched alkanes of at least 4 members (excludes halogenated alkanes) is 4. The number of nitrogens with zero attached hydrogens (tertiary/aromatic N) is 4. The van der Waals surface area contributed by atoms with Crippen molar-refractivity contribution in [2.75, 3.05) is 31.1 Å². The number of hydrogen-bond donors (Lipinski definition) is 0. The molecule has 1 aromatic rings. The number of piperazine rings is 1.